The van der Waals surface area contributed by atoms with Crippen LogP contribution in [0, 0.1) is 13.8 Å². The van der Waals surface area contributed by atoms with Crippen LogP contribution in [0.4, 0.5) is 0 Å². The number of aromatic nitrogens is 1. The fourth-order valence-electron chi connectivity index (χ4n) is 1.11. The lowest BCUT2D eigenvalue weighted by atomic mass is 10.1. The lowest BCUT2D eigenvalue weighted by Gasteiger charge is -2.08. The van der Waals surface area contributed by atoms with E-state index in [1.54, 1.807) is 0 Å². The molecule has 60 valence electrons. The van der Waals surface area contributed by atoms with Crippen LogP contribution in [0.1, 0.15) is 29.9 Å². The van der Waals surface area contributed by atoms with Crippen molar-refractivity contribution in [3.05, 3.63) is 29.1 Å². The van der Waals surface area contributed by atoms with Crippen molar-refractivity contribution in [2.75, 3.05) is 0 Å². The molecule has 1 aromatic heterocycles. The second-order valence-electron chi connectivity index (χ2n) is 2.94. The summed E-state index contributed by atoms with van der Waals surface area (Å²) in [6, 6.07) is 4.09. The minimum Gasteiger partial charge on any atom is -0.323 e. The average molecular weight is 150 g/mol. The molecule has 1 heterocycles. The van der Waals surface area contributed by atoms with Crippen LogP contribution in [-0.4, -0.2) is 4.98 Å². The molecule has 0 unspecified atom stereocenters. The van der Waals surface area contributed by atoms with Gasteiger partial charge in [-0.3, -0.25) is 4.98 Å². The minimum atomic E-state index is 0.0369. The number of pyridine rings is 1. The summed E-state index contributed by atoms with van der Waals surface area (Å²) in [5.74, 6) is 0. The fourth-order valence-corrected chi connectivity index (χ4v) is 1.11. The third kappa shape index (κ3) is 1.77. The van der Waals surface area contributed by atoms with E-state index in [-0.39, 0.29) is 6.04 Å². The molecule has 0 aliphatic heterocycles. The Balaban J connectivity index is 3.13. The van der Waals surface area contributed by atoms with Crippen LogP contribution in [0.25, 0.3) is 0 Å². The van der Waals surface area contributed by atoms with E-state index in [4.69, 9.17) is 5.73 Å². The molecule has 1 atom stereocenters. The standard InChI is InChI=1S/C9H14N2/c1-6-4-5-7(2)11-9(6)8(3)10/h4-5,8H,10H2,1-3H3/t8-/m0/s1. The summed E-state index contributed by atoms with van der Waals surface area (Å²) in [4.78, 5) is 4.35. The fraction of sp³-hybridized carbons (Fsp3) is 0.444. The molecule has 0 saturated carbocycles. The topological polar surface area (TPSA) is 38.9 Å². The molecular weight excluding hydrogens is 136 g/mol. The van der Waals surface area contributed by atoms with Gasteiger partial charge in [0, 0.05) is 11.7 Å². The summed E-state index contributed by atoms with van der Waals surface area (Å²) in [7, 11) is 0. The number of rotatable bonds is 1. The Kier molecular flexibility index (Phi) is 2.25. The lowest BCUT2D eigenvalue weighted by molar-refractivity contribution is 0.766. The van der Waals surface area contributed by atoms with Crippen LogP contribution < -0.4 is 5.73 Å². The van der Waals surface area contributed by atoms with E-state index >= 15 is 0 Å². The van der Waals surface area contributed by atoms with Gasteiger partial charge in [-0.1, -0.05) is 6.07 Å². The van der Waals surface area contributed by atoms with Gasteiger partial charge in [-0.2, -0.15) is 0 Å². The highest BCUT2D eigenvalue weighted by molar-refractivity contribution is 5.23. The van der Waals surface area contributed by atoms with Crippen molar-refractivity contribution in [1.82, 2.24) is 4.98 Å². The smallest absolute Gasteiger partial charge is 0.0600 e. The molecule has 2 nitrogen and oxygen atoms in total. The van der Waals surface area contributed by atoms with Crippen LogP contribution in [-0.2, 0) is 0 Å². The zero-order chi connectivity index (χ0) is 8.43. The van der Waals surface area contributed by atoms with Crippen molar-refractivity contribution in [2.24, 2.45) is 5.73 Å². The molecule has 1 aromatic rings. The maximum absolute atomic E-state index is 5.72. The van der Waals surface area contributed by atoms with Crippen LogP contribution in [0.15, 0.2) is 12.1 Å². The average Bonchev–Trinajstić information content (AvgIpc) is 1.94. The van der Waals surface area contributed by atoms with Gasteiger partial charge >= 0.3 is 0 Å². The van der Waals surface area contributed by atoms with Gasteiger partial charge in [-0.25, -0.2) is 0 Å². The van der Waals surface area contributed by atoms with Crippen molar-refractivity contribution in [1.29, 1.82) is 0 Å². The summed E-state index contributed by atoms with van der Waals surface area (Å²) in [5.41, 5.74) is 8.93. The van der Waals surface area contributed by atoms with E-state index in [2.05, 4.69) is 11.1 Å². The molecular formula is C9H14N2. The number of hydrogen-bond donors (Lipinski definition) is 1. The van der Waals surface area contributed by atoms with Gasteiger partial charge in [-0.05, 0) is 32.4 Å². The Morgan fingerprint density at radius 3 is 2.45 bits per heavy atom. The van der Waals surface area contributed by atoms with Crippen LogP contribution >= 0.6 is 0 Å². The predicted octanol–water partition coefficient (Wildman–Crippen LogP) is 1.72. The molecule has 11 heavy (non-hydrogen) atoms. The van der Waals surface area contributed by atoms with Gasteiger partial charge in [0.1, 0.15) is 0 Å². The largest absolute Gasteiger partial charge is 0.323 e. The second-order valence-corrected chi connectivity index (χ2v) is 2.94. The van der Waals surface area contributed by atoms with Crippen molar-refractivity contribution in [2.45, 2.75) is 26.8 Å². The molecule has 0 fully saturated rings. The van der Waals surface area contributed by atoms with E-state index in [9.17, 15) is 0 Å². The summed E-state index contributed by atoms with van der Waals surface area (Å²) >= 11 is 0. The molecule has 0 aromatic carbocycles. The van der Waals surface area contributed by atoms with Gasteiger partial charge < -0.3 is 5.73 Å². The highest BCUT2D eigenvalue weighted by atomic mass is 14.8. The third-order valence-electron chi connectivity index (χ3n) is 1.71. The molecule has 0 bridgehead atoms. The Bertz CT molecular complexity index is 254. The van der Waals surface area contributed by atoms with E-state index in [1.165, 1.54) is 5.56 Å². The van der Waals surface area contributed by atoms with Gasteiger partial charge in [0.15, 0.2) is 0 Å². The molecule has 2 N–H and O–H groups in total. The first kappa shape index (κ1) is 8.21. The van der Waals surface area contributed by atoms with E-state index in [1.807, 2.05) is 26.8 Å². The lowest BCUT2D eigenvalue weighted by Crippen LogP contribution is -2.09. The van der Waals surface area contributed by atoms with E-state index in [0.717, 1.165) is 11.4 Å². The van der Waals surface area contributed by atoms with Gasteiger partial charge in [0.2, 0.25) is 0 Å². The molecule has 1 rings (SSSR count). The second kappa shape index (κ2) is 3.01. The molecule has 0 aliphatic carbocycles. The Morgan fingerprint density at radius 1 is 1.36 bits per heavy atom. The maximum Gasteiger partial charge on any atom is 0.0600 e. The summed E-state index contributed by atoms with van der Waals surface area (Å²) in [6.45, 7) is 5.96. The Morgan fingerprint density at radius 2 is 2.00 bits per heavy atom. The highest BCUT2D eigenvalue weighted by Crippen LogP contribution is 2.12. The zero-order valence-corrected chi connectivity index (χ0v) is 7.26. The molecule has 0 amide bonds. The number of nitrogens with two attached hydrogens (primary N) is 1. The monoisotopic (exact) mass is 150 g/mol. The first-order chi connectivity index (χ1) is 5.11. The molecule has 0 radical (unpaired) electrons. The highest BCUT2D eigenvalue weighted by Gasteiger charge is 2.03. The maximum atomic E-state index is 5.72. The number of hydrogen-bond acceptors (Lipinski definition) is 2. The van der Waals surface area contributed by atoms with Crippen molar-refractivity contribution in [3.8, 4) is 0 Å². The van der Waals surface area contributed by atoms with Crippen molar-refractivity contribution >= 4 is 0 Å². The van der Waals surface area contributed by atoms with Crippen LogP contribution in [0.5, 0.6) is 0 Å². The van der Waals surface area contributed by atoms with Crippen molar-refractivity contribution < 1.29 is 0 Å². The van der Waals surface area contributed by atoms with E-state index < -0.39 is 0 Å². The zero-order valence-electron chi connectivity index (χ0n) is 7.26. The van der Waals surface area contributed by atoms with Crippen LogP contribution in [0.3, 0.4) is 0 Å². The Hall–Kier alpha value is -0.890. The molecule has 2 heteroatoms. The quantitative estimate of drug-likeness (QED) is 0.662. The summed E-state index contributed by atoms with van der Waals surface area (Å²) in [5, 5.41) is 0. The summed E-state index contributed by atoms with van der Waals surface area (Å²) < 4.78 is 0. The summed E-state index contributed by atoms with van der Waals surface area (Å²) in [6.07, 6.45) is 0. The first-order valence-corrected chi connectivity index (χ1v) is 3.81. The van der Waals surface area contributed by atoms with E-state index in [0.29, 0.717) is 0 Å². The predicted molar refractivity (Wildman–Crippen MR) is 46.3 cm³/mol. The van der Waals surface area contributed by atoms with Gasteiger partial charge in [0.05, 0.1) is 5.69 Å². The third-order valence-corrected chi connectivity index (χ3v) is 1.71. The molecule has 0 spiro atoms. The number of nitrogens with zero attached hydrogens (tertiary/aromatic N) is 1. The molecule has 0 aliphatic rings. The first-order valence-electron chi connectivity index (χ1n) is 3.81. The van der Waals surface area contributed by atoms with Crippen LogP contribution in [0.2, 0.25) is 0 Å². The SMILES string of the molecule is Cc1ccc(C)c([C@H](C)N)n1. The Labute approximate surface area is 67.5 Å². The van der Waals surface area contributed by atoms with Crippen molar-refractivity contribution in [3.63, 3.8) is 0 Å². The number of aryl methyl sites for hydroxylation is 2. The normalized spacial score (nSPS) is 13.1. The van der Waals surface area contributed by atoms with Gasteiger partial charge in [0.25, 0.3) is 0 Å². The minimum absolute atomic E-state index is 0.0369. The van der Waals surface area contributed by atoms with Gasteiger partial charge in [-0.15, -0.1) is 0 Å². The molecule has 0 saturated heterocycles.